The molecule has 1 aromatic heterocycles. The molecule has 0 atom stereocenters. The first-order chi connectivity index (χ1) is 8.78. The molecule has 0 aliphatic heterocycles. The Kier molecular flexibility index (Phi) is 5.65. The van der Waals surface area contributed by atoms with E-state index in [2.05, 4.69) is 35.0 Å². The van der Waals surface area contributed by atoms with Crippen LogP contribution in [0.3, 0.4) is 0 Å². The molecule has 0 aliphatic carbocycles. The molecule has 1 heterocycles. The fraction of sp³-hybridized carbons (Fsp3) is 0.188. The van der Waals surface area contributed by atoms with Gasteiger partial charge in [-0.15, -0.1) is 0 Å². The summed E-state index contributed by atoms with van der Waals surface area (Å²) < 4.78 is 0. The molecule has 2 heteroatoms. The third-order valence-electron chi connectivity index (χ3n) is 2.54. The Balaban J connectivity index is 3.31. The van der Waals surface area contributed by atoms with Crippen LogP contribution in [0.5, 0.6) is 0 Å². The molecule has 0 aromatic carbocycles. The largest absolute Gasteiger partial charge is 0.277 e. The summed E-state index contributed by atoms with van der Waals surface area (Å²) >= 11 is 0. The molecule has 2 nitrogen and oxygen atoms in total. The number of hydrogen-bond acceptors (Lipinski definition) is 1. The fourth-order valence-electron chi connectivity index (χ4n) is 1.77. The molecule has 0 bridgehead atoms. The maximum absolute atomic E-state index is 4.15. The average molecular weight is 240 g/mol. The maximum Gasteiger partial charge on any atom is 0.0725 e. The van der Waals surface area contributed by atoms with E-state index in [0.29, 0.717) is 0 Å². The van der Waals surface area contributed by atoms with Crippen molar-refractivity contribution in [1.29, 1.82) is 0 Å². The Morgan fingerprint density at radius 3 is 2.39 bits per heavy atom. The highest BCUT2D eigenvalue weighted by molar-refractivity contribution is 5.85. The number of rotatable bonds is 5. The summed E-state index contributed by atoms with van der Waals surface area (Å²) in [7, 11) is 0. The van der Waals surface area contributed by atoms with Gasteiger partial charge in [-0.3, -0.25) is 5.10 Å². The van der Waals surface area contributed by atoms with Gasteiger partial charge in [0.15, 0.2) is 0 Å². The molecule has 94 valence electrons. The molecule has 1 N–H and O–H groups in total. The second-order valence-corrected chi connectivity index (χ2v) is 3.76. The van der Waals surface area contributed by atoms with Crippen LogP contribution in [0.2, 0.25) is 0 Å². The van der Waals surface area contributed by atoms with Crippen LogP contribution < -0.4 is 0 Å². The highest BCUT2D eigenvalue weighted by Crippen LogP contribution is 2.25. The van der Waals surface area contributed by atoms with E-state index in [1.165, 1.54) is 0 Å². The van der Waals surface area contributed by atoms with Gasteiger partial charge in [0.05, 0.1) is 11.9 Å². The number of nitrogens with one attached hydrogen (secondary N) is 1. The van der Waals surface area contributed by atoms with Gasteiger partial charge < -0.3 is 0 Å². The van der Waals surface area contributed by atoms with Crippen LogP contribution in [0, 0.1) is 0 Å². The number of aromatic amines is 1. The standard InChI is InChI=1S/C16H20N2/c1-5-9-13(8-4)16-15(12-17-18-16)14(10-6-2)11-7-3/h5-12H,2H2,1,3-4H3,(H,17,18)/b9-5-,11-7-,13-8+,14-10+. The van der Waals surface area contributed by atoms with E-state index in [9.17, 15) is 0 Å². The average Bonchev–Trinajstić information content (AvgIpc) is 2.84. The van der Waals surface area contributed by atoms with Crippen LogP contribution in [-0.4, -0.2) is 10.2 Å². The molecule has 1 aromatic rings. The highest BCUT2D eigenvalue weighted by atomic mass is 15.1. The Bertz CT molecular complexity index is 511. The van der Waals surface area contributed by atoms with Gasteiger partial charge >= 0.3 is 0 Å². The van der Waals surface area contributed by atoms with Gasteiger partial charge in [-0.25, -0.2) is 0 Å². The van der Waals surface area contributed by atoms with Gasteiger partial charge in [0.1, 0.15) is 0 Å². The predicted molar refractivity (Wildman–Crippen MR) is 80.0 cm³/mol. The van der Waals surface area contributed by atoms with Crippen molar-refractivity contribution in [1.82, 2.24) is 10.2 Å². The van der Waals surface area contributed by atoms with Gasteiger partial charge in [0.2, 0.25) is 0 Å². The van der Waals surface area contributed by atoms with Crippen molar-refractivity contribution in [3.63, 3.8) is 0 Å². The smallest absolute Gasteiger partial charge is 0.0725 e. The van der Waals surface area contributed by atoms with Crippen molar-refractivity contribution in [2.75, 3.05) is 0 Å². The van der Waals surface area contributed by atoms with Gasteiger partial charge in [0, 0.05) is 5.56 Å². The SMILES string of the molecule is C=C/C=C(\C=C/C)c1cn[nH]c1C(/C=C\C)=C/C. The molecule has 0 spiro atoms. The van der Waals surface area contributed by atoms with Crippen molar-refractivity contribution in [3.05, 3.63) is 66.6 Å². The van der Waals surface area contributed by atoms with Gasteiger partial charge in [-0.2, -0.15) is 5.10 Å². The summed E-state index contributed by atoms with van der Waals surface area (Å²) in [4.78, 5) is 0. The van der Waals surface area contributed by atoms with E-state index < -0.39 is 0 Å². The second-order valence-electron chi connectivity index (χ2n) is 3.76. The first-order valence-electron chi connectivity index (χ1n) is 6.07. The van der Waals surface area contributed by atoms with Gasteiger partial charge in [-0.05, 0) is 31.9 Å². The zero-order valence-electron chi connectivity index (χ0n) is 11.3. The highest BCUT2D eigenvalue weighted by Gasteiger charge is 2.09. The Morgan fingerprint density at radius 2 is 1.83 bits per heavy atom. The minimum absolute atomic E-state index is 1.03. The second kappa shape index (κ2) is 7.28. The first kappa shape index (κ1) is 14.0. The fourth-order valence-corrected chi connectivity index (χ4v) is 1.77. The van der Waals surface area contributed by atoms with E-state index >= 15 is 0 Å². The minimum Gasteiger partial charge on any atom is -0.277 e. The van der Waals surface area contributed by atoms with Crippen molar-refractivity contribution >= 4 is 11.1 Å². The lowest BCUT2D eigenvalue weighted by molar-refractivity contribution is 1.07. The number of aromatic nitrogens is 2. The lowest BCUT2D eigenvalue weighted by Crippen LogP contribution is -1.88. The Morgan fingerprint density at radius 1 is 1.17 bits per heavy atom. The van der Waals surface area contributed by atoms with Crippen LogP contribution in [0.15, 0.2) is 55.3 Å². The van der Waals surface area contributed by atoms with Crippen molar-refractivity contribution in [2.45, 2.75) is 20.8 Å². The molecule has 0 amide bonds. The molecule has 0 saturated heterocycles. The molecule has 0 saturated carbocycles. The number of hydrogen-bond donors (Lipinski definition) is 1. The molecule has 1 rings (SSSR count). The molecular weight excluding hydrogens is 220 g/mol. The van der Waals surface area contributed by atoms with Crippen LogP contribution in [0.1, 0.15) is 32.0 Å². The number of allylic oxidation sites excluding steroid dienone is 9. The lowest BCUT2D eigenvalue weighted by atomic mass is 10.0. The number of H-pyrrole nitrogens is 1. The summed E-state index contributed by atoms with van der Waals surface area (Å²) in [6, 6.07) is 0. The van der Waals surface area contributed by atoms with E-state index in [-0.39, 0.29) is 0 Å². The molecular formula is C16H20N2. The van der Waals surface area contributed by atoms with Crippen LogP contribution in [-0.2, 0) is 0 Å². The molecule has 0 radical (unpaired) electrons. The zero-order chi connectivity index (χ0) is 13.4. The summed E-state index contributed by atoms with van der Waals surface area (Å²) in [5.41, 5.74) is 4.34. The quantitative estimate of drug-likeness (QED) is 0.752. The van der Waals surface area contributed by atoms with Crippen molar-refractivity contribution in [3.8, 4) is 0 Å². The molecule has 0 unspecified atom stereocenters. The molecule has 0 fully saturated rings. The zero-order valence-corrected chi connectivity index (χ0v) is 11.3. The van der Waals surface area contributed by atoms with E-state index in [1.54, 1.807) is 6.08 Å². The van der Waals surface area contributed by atoms with Crippen molar-refractivity contribution < 1.29 is 0 Å². The van der Waals surface area contributed by atoms with Crippen LogP contribution >= 0.6 is 0 Å². The summed E-state index contributed by atoms with van der Waals surface area (Å²) in [6.07, 6.45) is 15.8. The van der Waals surface area contributed by atoms with E-state index in [4.69, 9.17) is 0 Å². The maximum atomic E-state index is 4.15. The first-order valence-corrected chi connectivity index (χ1v) is 6.07. The minimum atomic E-state index is 1.03. The van der Waals surface area contributed by atoms with Crippen LogP contribution in [0.25, 0.3) is 11.1 Å². The predicted octanol–water partition coefficient (Wildman–Crippen LogP) is 4.53. The summed E-state index contributed by atoms with van der Waals surface area (Å²) in [5.74, 6) is 0. The molecule has 18 heavy (non-hydrogen) atoms. The van der Waals surface area contributed by atoms with Crippen LogP contribution in [0.4, 0.5) is 0 Å². The topological polar surface area (TPSA) is 28.7 Å². The Hall–Kier alpha value is -2.09. The van der Waals surface area contributed by atoms with Gasteiger partial charge in [0.25, 0.3) is 0 Å². The monoisotopic (exact) mass is 240 g/mol. The van der Waals surface area contributed by atoms with E-state index in [1.807, 2.05) is 45.2 Å². The van der Waals surface area contributed by atoms with E-state index in [0.717, 1.165) is 22.4 Å². The van der Waals surface area contributed by atoms with Gasteiger partial charge in [-0.1, -0.05) is 49.1 Å². The summed E-state index contributed by atoms with van der Waals surface area (Å²) in [5, 5.41) is 7.21. The lowest BCUT2D eigenvalue weighted by Gasteiger charge is -2.04. The third kappa shape index (κ3) is 3.20. The number of nitrogens with zero attached hydrogens (tertiary/aromatic N) is 1. The molecule has 0 aliphatic rings. The summed E-state index contributed by atoms with van der Waals surface area (Å²) in [6.45, 7) is 9.78. The normalized spacial score (nSPS) is 13.7. The Labute approximate surface area is 109 Å². The van der Waals surface area contributed by atoms with Crippen molar-refractivity contribution in [2.24, 2.45) is 0 Å². The third-order valence-corrected chi connectivity index (χ3v) is 2.54.